The van der Waals surface area contributed by atoms with Crippen LogP contribution in [0.2, 0.25) is 0 Å². The lowest BCUT2D eigenvalue weighted by Gasteiger charge is -2.21. The number of nitrogens with one attached hydrogen (secondary N) is 1. The molecule has 1 N–H and O–H groups in total. The summed E-state index contributed by atoms with van der Waals surface area (Å²) in [5.74, 6) is 1.44. The Balaban J connectivity index is 2.19. The molecule has 1 fully saturated rings. The molecule has 1 aliphatic rings. The quantitative estimate of drug-likeness (QED) is 0.0494. The number of rotatable bonds is 41. The van der Waals surface area contributed by atoms with Crippen molar-refractivity contribution in [1.82, 2.24) is 5.32 Å². The minimum Gasteiger partial charge on any atom is -0.466 e. The normalized spacial score (nSPS) is 14.5. The van der Waals surface area contributed by atoms with Gasteiger partial charge in [0.05, 0.1) is 19.3 Å². The van der Waals surface area contributed by atoms with E-state index in [1.54, 1.807) is 0 Å². The molecule has 1 heterocycles. The number of carbonyl (C=O) groups excluding carboxylic acids is 2. The van der Waals surface area contributed by atoms with Gasteiger partial charge in [0.15, 0.2) is 0 Å². The third kappa shape index (κ3) is 32.0. The molecule has 0 aliphatic carbocycles. The largest absolute Gasteiger partial charge is 0.466 e. The average molecular weight is 764 g/mol. The van der Waals surface area contributed by atoms with Gasteiger partial charge in [0.25, 0.3) is 0 Å². The van der Waals surface area contributed by atoms with Crippen LogP contribution < -0.4 is 5.32 Å². The van der Waals surface area contributed by atoms with Crippen LogP contribution in [0.1, 0.15) is 246 Å². The van der Waals surface area contributed by atoms with E-state index < -0.39 is 0 Å². The first kappa shape index (κ1) is 50.9. The van der Waals surface area contributed by atoms with E-state index in [4.69, 9.17) is 14.2 Å². The van der Waals surface area contributed by atoms with Crippen molar-refractivity contribution in [3.05, 3.63) is 0 Å². The molecule has 0 saturated carbocycles. The predicted octanol–water partition coefficient (Wildman–Crippen LogP) is 14.0. The second-order valence-electron chi connectivity index (χ2n) is 17.1. The molecule has 1 rings (SSSR count). The fourth-order valence-corrected chi connectivity index (χ4v) is 8.25. The molecule has 320 valence electrons. The molecule has 1 aliphatic heterocycles. The third-order valence-electron chi connectivity index (χ3n) is 12.0. The van der Waals surface area contributed by atoms with Crippen LogP contribution >= 0.6 is 0 Å². The van der Waals surface area contributed by atoms with E-state index in [9.17, 15) is 9.59 Å². The zero-order chi connectivity index (χ0) is 39.2. The van der Waals surface area contributed by atoms with E-state index in [-0.39, 0.29) is 11.9 Å². The molecule has 1 saturated heterocycles. The fraction of sp³-hybridized carbons (Fsp3) is 0.958. The van der Waals surface area contributed by atoms with Gasteiger partial charge in [0.1, 0.15) is 0 Å². The summed E-state index contributed by atoms with van der Waals surface area (Å²) in [7, 11) is 0. The van der Waals surface area contributed by atoms with E-state index >= 15 is 0 Å². The van der Waals surface area contributed by atoms with Gasteiger partial charge in [0.2, 0.25) is 0 Å². The molecule has 0 aromatic rings. The van der Waals surface area contributed by atoms with Crippen molar-refractivity contribution in [2.45, 2.75) is 258 Å². The molecule has 1 atom stereocenters. The molecular weight excluding hydrogens is 671 g/mol. The Morgan fingerprint density at radius 1 is 0.519 bits per heavy atom. The fourth-order valence-electron chi connectivity index (χ4n) is 8.25. The first-order chi connectivity index (χ1) is 26.5. The Hall–Kier alpha value is -1.14. The number of carbonyl (C=O) groups is 2. The lowest BCUT2D eigenvalue weighted by atomic mass is 9.92. The summed E-state index contributed by atoms with van der Waals surface area (Å²) >= 11 is 0. The van der Waals surface area contributed by atoms with Crippen LogP contribution in [-0.2, 0) is 23.8 Å². The standard InChI is InChI=1S/C48H93NO5/c1-5-9-19-28-43(29-20-10-6-2)37-40-53-47(50)35-25-17-13-15-23-32-45(49-42-46-34-27-39-52-46)33-24-16-14-18-26-36-48(51)54-41-38-44(30-21-11-7-3)31-22-12-8-4/h43-46,49H,5-42H2,1-4H3. The van der Waals surface area contributed by atoms with Gasteiger partial charge in [-0.1, -0.05) is 182 Å². The summed E-state index contributed by atoms with van der Waals surface area (Å²) in [5.41, 5.74) is 0. The molecule has 0 aromatic heterocycles. The highest BCUT2D eigenvalue weighted by Gasteiger charge is 2.18. The van der Waals surface area contributed by atoms with Gasteiger partial charge in [0, 0.05) is 32.0 Å². The van der Waals surface area contributed by atoms with E-state index in [0.717, 1.165) is 63.5 Å². The maximum absolute atomic E-state index is 12.4. The van der Waals surface area contributed by atoms with Crippen LogP contribution in [0.5, 0.6) is 0 Å². The number of esters is 2. The second kappa shape index (κ2) is 38.7. The van der Waals surface area contributed by atoms with Crippen LogP contribution in [0.4, 0.5) is 0 Å². The first-order valence-corrected chi connectivity index (χ1v) is 24.2. The average Bonchev–Trinajstić information content (AvgIpc) is 3.69. The van der Waals surface area contributed by atoms with Gasteiger partial charge in [-0.25, -0.2) is 0 Å². The van der Waals surface area contributed by atoms with Crippen molar-refractivity contribution >= 4 is 11.9 Å². The van der Waals surface area contributed by atoms with Gasteiger partial charge in [-0.2, -0.15) is 0 Å². The van der Waals surface area contributed by atoms with E-state index in [0.29, 0.717) is 38.2 Å². The maximum atomic E-state index is 12.4. The Labute approximate surface area is 336 Å². The summed E-state index contributed by atoms with van der Waals surface area (Å²) in [5, 5.41) is 3.86. The molecule has 0 aromatic carbocycles. The van der Waals surface area contributed by atoms with Crippen molar-refractivity contribution in [3.63, 3.8) is 0 Å². The SMILES string of the molecule is CCCCCC(CCCCC)CCOC(=O)CCCCCCCC(CCCCCCCC(=O)OCCC(CCCCC)CCCCC)NCC1CCCO1. The van der Waals surface area contributed by atoms with Crippen LogP contribution in [0.25, 0.3) is 0 Å². The summed E-state index contributed by atoms with van der Waals surface area (Å²) < 4.78 is 17.2. The Morgan fingerprint density at radius 3 is 1.30 bits per heavy atom. The molecule has 0 amide bonds. The summed E-state index contributed by atoms with van der Waals surface area (Å²) in [4.78, 5) is 24.8. The van der Waals surface area contributed by atoms with Gasteiger partial charge >= 0.3 is 11.9 Å². The topological polar surface area (TPSA) is 73.9 Å². The minimum atomic E-state index is 0.00359. The van der Waals surface area contributed by atoms with E-state index in [1.807, 2.05) is 0 Å². The molecule has 0 spiro atoms. The number of hydrogen-bond acceptors (Lipinski definition) is 6. The van der Waals surface area contributed by atoms with Crippen molar-refractivity contribution in [2.75, 3.05) is 26.4 Å². The third-order valence-corrected chi connectivity index (χ3v) is 12.0. The first-order valence-electron chi connectivity index (χ1n) is 24.2. The highest BCUT2D eigenvalue weighted by atomic mass is 16.5. The van der Waals surface area contributed by atoms with Gasteiger partial charge < -0.3 is 19.5 Å². The Kier molecular flexibility index (Phi) is 36.5. The lowest BCUT2D eigenvalue weighted by Crippen LogP contribution is -2.35. The van der Waals surface area contributed by atoms with Crippen molar-refractivity contribution in [1.29, 1.82) is 0 Å². The van der Waals surface area contributed by atoms with E-state index in [1.165, 1.54) is 167 Å². The summed E-state index contributed by atoms with van der Waals surface area (Å²) in [6.45, 7) is 12.2. The van der Waals surface area contributed by atoms with Crippen molar-refractivity contribution in [3.8, 4) is 0 Å². The second-order valence-corrected chi connectivity index (χ2v) is 17.1. The number of ether oxygens (including phenoxy) is 3. The van der Waals surface area contributed by atoms with E-state index in [2.05, 4.69) is 33.0 Å². The van der Waals surface area contributed by atoms with Crippen molar-refractivity contribution in [2.24, 2.45) is 11.8 Å². The molecule has 54 heavy (non-hydrogen) atoms. The van der Waals surface area contributed by atoms with Crippen LogP contribution in [0.3, 0.4) is 0 Å². The van der Waals surface area contributed by atoms with Crippen molar-refractivity contribution < 1.29 is 23.8 Å². The minimum absolute atomic E-state index is 0.00359. The molecule has 6 heteroatoms. The Morgan fingerprint density at radius 2 is 0.907 bits per heavy atom. The smallest absolute Gasteiger partial charge is 0.305 e. The highest BCUT2D eigenvalue weighted by molar-refractivity contribution is 5.69. The zero-order valence-corrected chi connectivity index (χ0v) is 36.7. The summed E-state index contributed by atoms with van der Waals surface area (Å²) in [6.07, 6.45) is 40.7. The van der Waals surface area contributed by atoms with Crippen LogP contribution in [-0.4, -0.2) is 50.4 Å². The van der Waals surface area contributed by atoms with Gasteiger partial charge in [-0.3, -0.25) is 9.59 Å². The Bertz CT molecular complexity index is 739. The molecule has 0 radical (unpaired) electrons. The number of hydrogen-bond donors (Lipinski definition) is 1. The molecule has 1 unspecified atom stereocenters. The van der Waals surface area contributed by atoms with Crippen LogP contribution in [0.15, 0.2) is 0 Å². The lowest BCUT2D eigenvalue weighted by molar-refractivity contribution is -0.145. The highest BCUT2D eigenvalue weighted by Crippen LogP contribution is 2.23. The molecule has 6 nitrogen and oxygen atoms in total. The van der Waals surface area contributed by atoms with Gasteiger partial charge in [-0.05, 0) is 63.2 Å². The summed E-state index contributed by atoms with van der Waals surface area (Å²) in [6, 6.07) is 0.555. The van der Waals surface area contributed by atoms with Crippen LogP contribution in [0, 0.1) is 11.8 Å². The number of unbranched alkanes of at least 4 members (excludes halogenated alkanes) is 16. The predicted molar refractivity (Wildman–Crippen MR) is 230 cm³/mol. The molecular formula is C48H93NO5. The molecule has 0 bridgehead atoms. The monoisotopic (exact) mass is 764 g/mol. The zero-order valence-electron chi connectivity index (χ0n) is 36.7. The maximum Gasteiger partial charge on any atom is 0.305 e. The van der Waals surface area contributed by atoms with Gasteiger partial charge in [-0.15, -0.1) is 0 Å².